The second-order valence-corrected chi connectivity index (χ2v) is 7.46. The van der Waals surface area contributed by atoms with Crippen molar-refractivity contribution in [2.24, 2.45) is 5.92 Å². The van der Waals surface area contributed by atoms with Crippen molar-refractivity contribution in [1.29, 1.82) is 0 Å². The van der Waals surface area contributed by atoms with Crippen LogP contribution >= 0.6 is 11.6 Å². The number of amides is 2. The summed E-state index contributed by atoms with van der Waals surface area (Å²) in [7, 11) is 3.81. The molecular weight excluding hydrogens is 362 g/mol. The van der Waals surface area contributed by atoms with Crippen LogP contribution in [0.4, 0.5) is 11.4 Å². The third-order valence-electron chi connectivity index (χ3n) is 4.80. The lowest BCUT2D eigenvalue weighted by molar-refractivity contribution is -0.128. The molecule has 2 aromatic rings. The Hall–Kier alpha value is -2.53. The summed E-state index contributed by atoms with van der Waals surface area (Å²) in [6, 6.07) is 15.4. The fourth-order valence-corrected chi connectivity index (χ4v) is 3.48. The van der Waals surface area contributed by atoms with E-state index >= 15 is 0 Å². The van der Waals surface area contributed by atoms with Crippen LogP contribution in [0.2, 0.25) is 5.02 Å². The Morgan fingerprint density at radius 2 is 1.96 bits per heavy atom. The smallest absolute Gasteiger partial charge is 0.229 e. The van der Waals surface area contributed by atoms with E-state index in [9.17, 15) is 9.59 Å². The number of hydrogen-bond donors (Lipinski definition) is 1. The number of nitrogens with zero attached hydrogens (tertiary/aromatic N) is 2. The van der Waals surface area contributed by atoms with Gasteiger partial charge in [0.05, 0.1) is 17.3 Å². The molecule has 5 nitrogen and oxygen atoms in total. The zero-order valence-electron chi connectivity index (χ0n) is 15.6. The summed E-state index contributed by atoms with van der Waals surface area (Å²) in [6.45, 7) is 1.09. The molecule has 1 atom stereocenters. The van der Waals surface area contributed by atoms with Crippen LogP contribution < -0.4 is 10.2 Å². The summed E-state index contributed by atoms with van der Waals surface area (Å²) >= 11 is 6.08. The molecule has 2 aromatic carbocycles. The number of carbonyl (C=O) groups is 2. The predicted octanol–water partition coefficient (Wildman–Crippen LogP) is 3.44. The van der Waals surface area contributed by atoms with Crippen molar-refractivity contribution < 1.29 is 9.59 Å². The Labute approximate surface area is 164 Å². The van der Waals surface area contributed by atoms with E-state index in [4.69, 9.17) is 11.6 Å². The first-order chi connectivity index (χ1) is 12.9. The van der Waals surface area contributed by atoms with Gasteiger partial charge in [-0.05, 0) is 30.2 Å². The number of halogens is 1. The number of rotatable bonds is 6. The zero-order chi connectivity index (χ0) is 19.4. The minimum atomic E-state index is -0.345. The van der Waals surface area contributed by atoms with E-state index < -0.39 is 0 Å². The second kappa shape index (κ2) is 8.44. The molecule has 3 rings (SSSR count). The average Bonchev–Trinajstić information content (AvgIpc) is 3.01. The molecule has 1 heterocycles. The molecule has 1 N–H and O–H groups in total. The van der Waals surface area contributed by atoms with Crippen LogP contribution in [0.1, 0.15) is 12.0 Å². The molecule has 2 amide bonds. The molecule has 142 valence electrons. The van der Waals surface area contributed by atoms with Gasteiger partial charge in [0.25, 0.3) is 0 Å². The fourth-order valence-electron chi connectivity index (χ4n) is 3.31. The first-order valence-corrected chi connectivity index (χ1v) is 9.41. The van der Waals surface area contributed by atoms with Crippen molar-refractivity contribution in [2.45, 2.75) is 12.8 Å². The van der Waals surface area contributed by atoms with Gasteiger partial charge in [-0.1, -0.05) is 41.9 Å². The van der Waals surface area contributed by atoms with Crippen molar-refractivity contribution in [1.82, 2.24) is 4.90 Å². The number of hydrogen-bond acceptors (Lipinski definition) is 3. The van der Waals surface area contributed by atoms with Crippen LogP contribution in [-0.4, -0.2) is 43.9 Å². The lowest BCUT2D eigenvalue weighted by Crippen LogP contribution is -2.30. The van der Waals surface area contributed by atoms with Gasteiger partial charge in [-0.25, -0.2) is 0 Å². The molecule has 1 aliphatic heterocycles. The third kappa shape index (κ3) is 4.80. The number of benzene rings is 2. The molecule has 0 saturated carbocycles. The molecule has 0 unspecified atom stereocenters. The maximum atomic E-state index is 12.7. The minimum Gasteiger partial charge on any atom is -0.376 e. The summed E-state index contributed by atoms with van der Waals surface area (Å²) in [5.74, 6) is -0.455. The molecule has 0 aliphatic carbocycles. The quantitative estimate of drug-likeness (QED) is 0.828. The largest absolute Gasteiger partial charge is 0.376 e. The van der Waals surface area contributed by atoms with Crippen LogP contribution in [0, 0.1) is 5.92 Å². The van der Waals surface area contributed by atoms with Gasteiger partial charge < -0.3 is 15.1 Å². The highest BCUT2D eigenvalue weighted by molar-refractivity contribution is 6.31. The number of anilines is 2. The molecule has 1 saturated heterocycles. The molecule has 1 aliphatic rings. The van der Waals surface area contributed by atoms with Gasteiger partial charge in [0.1, 0.15) is 0 Å². The fraction of sp³-hybridized carbons (Fsp3) is 0.333. The van der Waals surface area contributed by atoms with E-state index in [1.54, 1.807) is 17.0 Å². The van der Waals surface area contributed by atoms with Crippen molar-refractivity contribution in [3.05, 3.63) is 59.1 Å². The Morgan fingerprint density at radius 3 is 2.67 bits per heavy atom. The van der Waals surface area contributed by atoms with E-state index in [0.29, 0.717) is 23.8 Å². The molecule has 27 heavy (non-hydrogen) atoms. The normalized spacial score (nSPS) is 16.5. The summed E-state index contributed by atoms with van der Waals surface area (Å²) in [5, 5.41) is 3.50. The third-order valence-corrected chi connectivity index (χ3v) is 5.03. The summed E-state index contributed by atoms with van der Waals surface area (Å²) < 4.78 is 0. The predicted molar refractivity (Wildman–Crippen MR) is 109 cm³/mol. The van der Waals surface area contributed by atoms with Crippen molar-refractivity contribution >= 4 is 34.8 Å². The van der Waals surface area contributed by atoms with Crippen LogP contribution in [0.3, 0.4) is 0 Å². The number of carbonyl (C=O) groups excluding carboxylic acids is 2. The Morgan fingerprint density at radius 1 is 1.22 bits per heavy atom. The van der Waals surface area contributed by atoms with E-state index in [2.05, 4.69) is 5.32 Å². The second-order valence-electron chi connectivity index (χ2n) is 7.02. The Kier molecular flexibility index (Phi) is 6.01. The van der Waals surface area contributed by atoms with Crippen molar-refractivity contribution in [2.75, 3.05) is 37.4 Å². The molecule has 0 aromatic heterocycles. The highest BCUT2D eigenvalue weighted by atomic mass is 35.5. The highest BCUT2D eigenvalue weighted by Gasteiger charge is 2.34. The average molecular weight is 386 g/mol. The van der Waals surface area contributed by atoms with Gasteiger partial charge in [0.2, 0.25) is 11.8 Å². The zero-order valence-corrected chi connectivity index (χ0v) is 16.4. The monoisotopic (exact) mass is 385 g/mol. The topological polar surface area (TPSA) is 52.7 Å². The van der Waals surface area contributed by atoms with Crippen LogP contribution in [-0.2, 0) is 16.0 Å². The molecule has 0 bridgehead atoms. The summed E-state index contributed by atoms with van der Waals surface area (Å²) in [4.78, 5) is 28.7. The molecule has 0 radical (unpaired) electrons. The van der Waals surface area contributed by atoms with Crippen LogP contribution in [0.15, 0.2) is 48.5 Å². The number of nitrogens with one attached hydrogen (secondary N) is 1. The molecule has 0 spiro atoms. The SMILES string of the molecule is CN(C)c1ccc(Cl)cc1NC(=O)[C@H]1CC(=O)N(CCc2ccccc2)C1. The van der Waals surface area contributed by atoms with E-state index in [1.807, 2.05) is 55.4 Å². The van der Waals surface area contributed by atoms with Gasteiger partial charge in [-0.3, -0.25) is 9.59 Å². The van der Waals surface area contributed by atoms with Crippen molar-refractivity contribution in [3.63, 3.8) is 0 Å². The standard InChI is InChI=1S/C21H24ClN3O2/c1-24(2)19-9-8-17(22)13-18(19)23-21(27)16-12-20(26)25(14-16)11-10-15-6-4-3-5-7-15/h3-9,13,16H,10-12,14H2,1-2H3,(H,23,27)/t16-/m0/s1. The molecule has 1 fully saturated rings. The van der Waals surface area contributed by atoms with Crippen LogP contribution in [0.25, 0.3) is 0 Å². The van der Waals surface area contributed by atoms with Gasteiger partial charge in [-0.2, -0.15) is 0 Å². The Bertz CT molecular complexity index is 823. The van der Waals surface area contributed by atoms with E-state index in [1.165, 1.54) is 5.56 Å². The van der Waals surface area contributed by atoms with Crippen LogP contribution in [0.5, 0.6) is 0 Å². The van der Waals surface area contributed by atoms with Gasteiger partial charge in [-0.15, -0.1) is 0 Å². The first-order valence-electron chi connectivity index (χ1n) is 9.03. The summed E-state index contributed by atoms with van der Waals surface area (Å²) in [6.07, 6.45) is 1.04. The Balaban J connectivity index is 1.62. The molecule has 6 heteroatoms. The molecular formula is C21H24ClN3O2. The van der Waals surface area contributed by atoms with Gasteiger partial charge >= 0.3 is 0 Å². The minimum absolute atomic E-state index is 0.0324. The van der Waals surface area contributed by atoms with E-state index in [0.717, 1.165) is 12.1 Å². The van der Waals surface area contributed by atoms with Gasteiger partial charge in [0, 0.05) is 38.6 Å². The van der Waals surface area contributed by atoms with E-state index in [-0.39, 0.29) is 24.2 Å². The first kappa shape index (κ1) is 19.2. The summed E-state index contributed by atoms with van der Waals surface area (Å²) in [5.41, 5.74) is 2.72. The lowest BCUT2D eigenvalue weighted by atomic mass is 10.1. The van der Waals surface area contributed by atoms with Crippen molar-refractivity contribution in [3.8, 4) is 0 Å². The number of likely N-dealkylation sites (tertiary alicyclic amines) is 1. The maximum absolute atomic E-state index is 12.7. The maximum Gasteiger partial charge on any atom is 0.229 e. The van der Waals surface area contributed by atoms with Gasteiger partial charge in [0.15, 0.2) is 0 Å². The highest BCUT2D eigenvalue weighted by Crippen LogP contribution is 2.29. The lowest BCUT2D eigenvalue weighted by Gasteiger charge is -2.20.